The number of esters is 2. The third-order valence-electron chi connectivity index (χ3n) is 3.76. The number of halogens is 9. The van der Waals surface area contributed by atoms with Gasteiger partial charge in [0.15, 0.2) is 0 Å². The highest BCUT2D eigenvalue weighted by atomic mass is 35.5. The summed E-state index contributed by atoms with van der Waals surface area (Å²) >= 11 is 5.37. The number of ether oxygens (including phenoxy) is 2. The van der Waals surface area contributed by atoms with Gasteiger partial charge in [-0.2, -0.15) is 26.3 Å². The summed E-state index contributed by atoms with van der Waals surface area (Å²) in [6, 6.07) is 4.44. The number of hydrogen-bond donors (Lipinski definition) is 2. The van der Waals surface area contributed by atoms with Gasteiger partial charge in [0.1, 0.15) is 11.4 Å². The van der Waals surface area contributed by atoms with Gasteiger partial charge in [0.05, 0.1) is 26.3 Å². The van der Waals surface area contributed by atoms with E-state index in [0.29, 0.717) is 24.3 Å². The summed E-state index contributed by atoms with van der Waals surface area (Å²) in [6.07, 6.45) is -6.56. The second-order valence-electron chi connectivity index (χ2n) is 6.65. The number of nitrogens with two attached hydrogens (primary N) is 1. The van der Waals surface area contributed by atoms with Gasteiger partial charge in [-0.15, -0.1) is 24.0 Å². The lowest BCUT2D eigenvalue weighted by Crippen LogP contribution is -2.24. The molecule has 0 fully saturated rings. The first kappa shape index (κ1) is 38.4. The fourth-order valence-corrected chi connectivity index (χ4v) is 2.27. The molecule has 0 aromatic carbocycles. The van der Waals surface area contributed by atoms with Crippen LogP contribution in [0.25, 0.3) is 0 Å². The molecule has 0 unspecified atom stereocenters. The average Bonchev–Trinajstić information content (AvgIpc) is 2.90. The summed E-state index contributed by atoms with van der Waals surface area (Å²) in [7, 11) is 0. The molecule has 8 nitrogen and oxygen atoms in total. The van der Waals surface area contributed by atoms with Crippen LogP contribution in [-0.4, -0.2) is 49.7 Å². The Morgan fingerprint density at radius 1 is 0.923 bits per heavy atom. The van der Waals surface area contributed by atoms with Crippen LogP contribution in [0.2, 0.25) is 0 Å². The van der Waals surface area contributed by atoms with E-state index in [4.69, 9.17) is 22.1 Å². The predicted molar refractivity (Wildman–Crippen MR) is 132 cm³/mol. The fourth-order valence-electron chi connectivity index (χ4n) is 2.11. The maximum Gasteiger partial charge on any atom is 0.433 e. The predicted octanol–water partition coefficient (Wildman–Crippen LogP) is 4.67. The van der Waals surface area contributed by atoms with E-state index < -0.39 is 29.7 Å². The van der Waals surface area contributed by atoms with E-state index in [1.807, 2.05) is 0 Å². The number of alkyl halides is 7. The number of aromatic nitrogens is 2. The standard InChI is InChI=1S/C11H13F3N2O2.C7H5ClF3N.C4H9NO2.ClH.FH/c1-2-18-10(17)7-15-5-8-3-4-9(16-6-8)11(12,13)14;8-3-5-1-2-6(12-4-5)7(9,10)11;1-2-7-4(6)3-5;;/h3-4,6,15H,2,5,7H2,1H3;1-2,4H,3H2;2-3,5H2,1H3;2*1H/i/hT. The molecule has 3 N–H and O–H groups in total. The topological polar surface area (TPSA) is 116 Å². The third kappa shape index (κ3) is 19.0. The van der Waals surface area contributed by atoms with Crippen LogP contribution in [-0.2, 0) is 43.8 Å². The lowest BCUT2D eigenvalue weighted by molar-refractivity contribution is -0.142. The van der Waals surface area contributed by atoms with Crippen LogP contribution >= 0.6 is 24.0 Å². The molecule has 0 radical (unpaired) electrons. The lowest BCUT2D eigenvalue weighted by atomic mass is 10.2. The summed E-state index contributed by atoms with van der Waals surface area (Å²) in [5.74, 6) is -0.578. The first-order chi connectivity index (χ1) is 18.3. The van der Waals surface area contributed by atoms with Gasteiger partial charge in [-0.25, -0.2) is 0 Å². The fraction of sp³-hybridized carbons (Fsp3) is 0.455. The van der Waals surface area contributed by atoms with Crippen molar-refractivity contribution in [2.45, 2.75) is 38.6 Å². The number of carbonyl (C=O) groups is 2. The second kappa shape index (κ2) is 21.1. The molecule has 2 aromatic heterocycles. The van der Waals surface area contributed by atoms with Crippen LogP contribution in [0.1, 0.15) is 36.4 Å². The highest BCUT2D eigenvalue weighted by Crippen LogP contribution is 2.28. The SMILES string of the molecule is CCOC(=O)CN.CCOC(=O)CNCc1ccc(C(F)(F)F)nc1.Cl.FC(F)(F)c1ccc(CCl)cn1.[3H]F. The smallest absolute Gasteiger partial charge is 0.433 e. The van der Waals surface area contributed by atoms with E-state index >= 15 is 0 Å². The molecule has 2 aromatic rings. The second-order valence-corrected chi connectivity index (χ2v) is 6.92. The van der Waals surface area contributed by atoms with Crippen LogP contribution < -0.4 is 11.1 Å². The minimum absolute atomic E-state index is 0. The van der Waals surface area contributed by atoms with E-state index in [1.54, 1.807) is 13.8 Å². The van der Waals surface area contributed by atoms with Gasteiger partial charge in [0.2, 0.25) is 0 Å². The quantitative estimate of drug-likeness (QED) is 0.249. The Morgan fingerprint density at radius 2 is 1.36 bits per heavy atom. The lowest BCUT2D eigenvalue weighted by Gasteiger charge is -2.07. The highest BCUT2D eigenvalue weighted by Gasteiger charge is 2.32. The van der Waals surface area contributed by atoms with Crippen molar-refractivity contribution in [1.82, 2.24) is 15.3 Å². The zero-order valence-electron chi connectivity index (χ0n) is 21.7. The molecule has 0 saturated heterocycles. The van der Waals surface area contributed by atoms with Crippen molar-refractivity contribution >= 4 is 35.9 Å². The van der Waals surface area contributed by atoms with Crippen LogP contribution in [0.5, 0.6) is 0 Å². The van der Waals surface area contributed by atoms with Crippen LogP contribution in [0.3, 0.4) is 0 Å². The Morgan fingerprint density at radius 3 is 1.67 bits per heavy atom. The number of hydrogen-bond acceptors (Lipinski definition) is 8. The molecule has 2 heterocycles. The Hall–Kier alpha value is -2.75. The Bertz CT molecular complexity index is 941. The molecule has 0 atom stereocenters. The van der Waals surface area contributed by atoms with E-state index in [-0.39, 0.29) is 43.9 Å². The number of nitrogens with one attached hydrogen (secondary N) is 1. The van der Waals surface area contributed by atoms with Crippen molar-refractivity contribution in [1.29, 1.82) is 1.45 Å². The Kier molecular flexibility index (Phi) is 20.8. The van der Waals surface area contributed by atoms with E-state index in [2.05, 4.69) is 26.2 Å². The molecule has 0 aliphatic rings. The molecule has 0 aliphatic carbocycles. The molecule has 0 bridgehead atoms. The van der Waals surface area contributed by atoms with Gasteiger partial charge in [-0.05, 0) is 37.1 Å². The number of nitrogens with zero attached hydrogens (tertiary/aromatic N) is 2. The van der Waals surface area contributed by atoms with E-state index in [9.17, 15) is 35.9 Å². The summed E-state index contributed by atoms with van der Waals surface area (Å²) in [5.41, 5.74) is 4.19. The monoisotopic (exact) mass is 618 g/mol. The number of carbonyl (C=O) groups excluding carboxylic acids is 2. The summed E-state index contributed by atoms with van der Waals surface area (Å²) in [5, 5.41) is 2.75. The van der Waals surface area contributed by atoms with E-state index in [1.165, 1.54) is 12.1 Å². The molecule has 0 aliphatic heterocycles. The highest BCUT2D eigenvalue weighted by molar-refractivity contribution is 6.17. The van der Waals surface area contributed by atoms with Gasteiger partial charge in [-0.3, -0.25) is 24.3 Å². The summed E-state index contributed by atoms with van der Waals surface area (Å²) in [4.78, 5) is 27.5. The molecule has 0 amide bonds. The molecule has 0 saturated carbocycles. The summed E-state index contributed by atoms with van der Waals surface area (Å²) in [6.45, 7) is 4.39. The Labute approximate surface area is 232 Å². The number of rotatable bonds is 8. The van der Waals surface area contributed by atoms with Crippen molar-refractivity contribution in [3.63, 3.8) is 0 Å². The molecule has 39 heavy (non-hydrogen) atoms. The average molecular weight is 619 g/mol. The van der Waals surface area contributed by atoms with Gasteiger partial charge >= 0.3 is 24.3 Å². The normalized spacial score (nSPS) is 10.5. The van der Waals surface area contributed by atoms with Gasteiger partial charge in [0, 0.05) is 24.8 Å². The molecular weight excluding hydrogens is 588 g/mol. The maximum absolute atomic E-state index is 12.2. The van der Waals surface area contributed by atoms with Crippen LogP contribution in [0.15, 0.2) is 36.7 Å². The summed E-state index contributed by atoms with van der Waals surface area (Å²) < 4.78 is 94.6. The first-order valence-electron chi connectivity index (χ1n) is 11.0. The van der Waals surface area contributed by atoms with Crippen LogP contribution in [0, 0.1) is 0 Å². The van der Waals surface area contributed by atoms with Crippen molar-refractivity contribution < 1.29 is 50.1 Å². The zero-order chi connectivity index (χ0) is 30.5. The Balaban J connectivity index is -0.000000538. The van der Waals surface area contributed by atoms with Gasteiger partial charge in [-0.1, -0.05) is 12.1 Å². The van der Waals surface area contributed by atoms with Gasteiger partial charge < -0.3 is 20.5 Å². The molecular formula is C22H29Cl2F7N4O4. The van der Waals surface area contributed by atoms with E-state index in [0.717, 1.165) is 24.5 Å². The van der Waals surface area contributed by atoms with Crippen molar-refractivity contribution in [3.05, 3.63) is 59.2 Å². The molecule has 17 heteroatoms. The van der Waals surface area contributed by atoms with Gasteiger partial charge in [0.25, 0.3) is 1.45 Å². The minimum Gasteiger partial charge on any atom is -0.465 e. The van der Waals surface area contributed by atoms with Crippen molar-refractivity contribution in [2.75, 3.05) is 26.3 Å². The molecule has 0 spiro atoms. The van der Waals surface area contributed by atoms with Crippen molar-refractivity contribution in [3.8, 4) is 0 Å². The van der Waals surface area contributed by atoms with Crippen LogP contribution in [0.4, 0.5) is 31.1 Å². The maximum atomic E-state index is 12.2. The number of pyridine rings is 2. The zero-order valence-corrected chi connectivity index (χ0v) is 22.3. The molecule has 2 rings (SSSR count). The van der Waals surface area contributed by atoms with Crippen molar-refractivity contribution in [2.24, 2.45) is 5.73 Å². The largest absolute Gasteiger partial charge is 0.465 e. The minimum atomic E-state index is -4.43. The third-order valence-corrected chi connectivity index (χ3v) is 4.07. The first-order valence-corrected chi connectivity index (χ1v) is 11.1. The molecule has 224 valence electrons.